The average molecular weight is 436 g/mol. The van der Waals surface area contributed by atoms with E-state index in [0.717, 1.165) is 0 Å². The molecule has 0 saturated carbocycles. The molecule has 32 heavy (non-hydrogen) atoms. The lowest BCUT2D eigenvalue weighted by Crippen LogP contribution is -2.21. The van der Waals surface area contributed by atoms with Crippen LogP contribution in [0.2, 0.25) is 0 Å². The van der Waals surface area contributed by atoms with E-state index in [0.29, 0.717) is 16.7 Å². The standard InChI is InChI=1S/C14H10O4.C11H14O3/c15-13(11-7-3-1-4-8-11)17-18-14(16)12-9-5-2-6-10-12;1-11(2,3)14-13-10(12)9-7-5-4-6-8-9/h1-10H;4-8H,1-3H3. The van der Waals surface area contributed by atoms with E-state index in [9.17, 15) is 14.4 Å². The van der Waals surface area contributed by atoms with Crippen molar-refractivity contribution in [2.24, 2.45) is 0 Å². The van der Waals surface area contributed by atoms with Gasteiger partial charge in [0, 0.05) is 0 Å². The molecule has 0 fully saturated rings. The van der Waals surface area contributed by atoms with Crippen LogP contribution in [-0.2, 0) is 19.6 Å². The molecule has 0 unspecified atom stereocenters. The second-order valence-electron chi connectivity index (χ2n) is 7.41. The maximum absolute atomic E-state index is 11.5. The SMILES string of the molecule is CC(C)(C)OOC(=O)c1ccccc1.O=C(OOC(=O)c1ccccc1)c1ccccc1. The minimum atomic E-state index is -0.708. The maximum Gasteiger partial charge on any atom is 0.386 e. The first-order valence-corrected chi connectivity index (χ1v) is 9.74. The summed E-state index contributed by atoms with van der Waals surface area (Å²) in [7, 11) is 0. The van der Waals surface area contributed by atoms with Crippen LogP contribution in [0.4, 0.5) is 0 Å². The first-order valence-electron chi connectivity index (χ1n) is 9.74. The van der Waals surface area contributed by atoms with Gasteiger partial charge in [0.25, 0.3) is 0 Å². The predicted molar refractivity (Wildman–Crippen MR) is 116 cm³/mol. The van der Waals surface area contributed by atoms with E-state index in [1.807, 2.05) is 26.8 Å². The van der Waals surface area contributed by atoms with Crippen LogP contribution in [0.15, 0.2) is 91.0 Å². The van der Waals surface area contributed by atoms with Crippen LogP contribution in [0.5, 0.6) is 0 Å². The zero-order valence-electron chi connectivity index (χ0n) is 18.0. The summed E-state index contributed by atoms with van der Waals surface area (Å²) in [6.07, 6.45) is 0. The van der Waals surface area contributed by atoms with Gasteiger partial charge >= 0.3 is 17.9 Å². The first-order chi connectivity index (χ1) is 15.3. The molecule has 7 heteroatoms. The Hall–Kier alpha value is -3.97. The summed E-state index contributed by atoms with van der Waals surface area (Å²) >= 11 is 0. The van der Waals surface area contributed by atoms with Crippen molar-refractivity contribution < 1.29 is 33.9 Å². The Morgan fingerprint density at radius 2 is 0.781 bits per heavy atom. The topological polar surface area (TPSA) is 88.1 Å². The highest BCUT2D eigenvalue weighted by Crippen LogP contribution is 2.10. The van der Waals surface area contributed by atoms with Crippen LogP contribution in [-0.4, -0.2) is 23.5 Å². The van der Waals surface area contributed by atoms with Crippen molar-refractivity contribution in [1.29, 1.82) is 0 Å². The molecule has 0 aliphatic heterocycles. The molecule has 0 radical (unpaired) electrons. The van der Waals surface area contributed by atoms with E-state index >= 15 is 0 Å². The zero-order chi connectivity index (χ0) is 23.4. The second-order valence-corrected chi connectivity index (χ2v) is 7.41. The van der Waals surface area contributed by atoms with Crippen LogP contribution in [0, 0.1) is 0 Å². The zero-order valence-corrected chi connectivity index (χ0v) is 18.0. The van der Waals surface area contributed by atoms with Crippen LogP contribution < -0.4 is 0 Å². The van der Waals surface area contributed by atoms with Crippen molar-refractivity contribution in [1.82, 2.24) is 0 Å². The Kier molecular flexibility index (Phi) is 9.13. The third-order valence-electron chi connectivity index (χ3n) is 3.59. The summed E-state index contributed by atoms with van der Waals surface area (Å²) in [5, 5.41) is 0. The fourth-order valence-electron chi connectivity index (χ4n) is 2.11. The molecule has 3 aromatic rings. The van der Waals surface area contributed by atoms with Crippen molar-refractivity contribution in [3.8, 4) is 0 Å². The number of carbonyl (C=O) groups excluding carboxylic acids is 3. The minimum absolute atomic E-state index is 0.318. The van der Waals surface area contributed by atoms with Crippen molar-refractivity contribution in [2.45, 2.75) is 26.4 Å². The first kappa shape index (κ1) is 24.3. The summed E-state index contributed by atoms with van der Waals surface area (Å²) in [5.74, 6) is -1.89. The molecule has 0 saturated heterocycles. The average Bonchev–Trinajstić information content (AvgIpc) is 2.82. The highest BCUT2D eigenvalue weighted by atomic mass is 17.2. The number of hydrogen-bond acceptors (Lipinski definition) is 7. The van der Waals surface area contributed by atoms with E-state index in [-0.39, 0.29) is 0 Å². The Morgan fingerprint density at radius 1 is 0.500 bits per heavy atom. The molecule has 0 heterocycles. The summed E-state index contributed by atoms with van der Waals surface area (Å²) in [5.41, 5.74) is 0.637. The molecule has 0 bridgehead atoms. The van der Waals surface area contributed by atoms with Crippen molar-refractivity contribution in [3.63, 3.8) is 0 Å². The molecule has 0 aliphatic carbocycles. The van der Waals surface area contributed by atoms with Gasteiger partial charge in [0.15, 0.2) is 0 Å². The van der Waals surface area contributed by atoms with Crippen LogP contribution in [0.3, 0.4) is 0 Å². The lowest BCUT2D eigenvalue weighted by Gasteiger charge is -2.16. The third kappa shape index (κ3) is 8.81. The fraction of sp³-hybridized carbons (Fsp3) is 0.160. The molecule has 7 nitrogen and oxygen atoms in total. The van der Waals surface area contributed by atoms with Gasteiger partial charge in [-0.1, -0.05) is 54.6 Å². The molecule has 166 valence electrons. The number of rotatable bonds is 4. The molecular weight excluding hydrogens is 412 g/mol. The highest BCUT2D eigenvalue weighted by Gasteiger charge is 2.16. The summed E-state index contributed by atoms with van der Waals surface area (Å²) in [4.78, 5) is 52.8. The van der Waals surface area contributed by atoms with Gasteiger partial charge in [-0.25, -0.2) is 24.2 Å². The van der Waals surface area contributed by atoms with E-state index in [2.05, 4.69) is 14.7 Å². The minimum Gasteiger partial charge on any atom is -0.292 e. The van der Waals surface area contributed by atoms with E-state index in [1.54, 1.807) is 84.9 Å². The van der Waals surface area contributed by atoms with E-state index in [4.69, 9.17) is 4.89 Å². The van der Waals surface area contributed by atoms with Crippen molar-refractivity contribution >= 4 is 17.9 Å². The highest BCUT2D eigenvalue weighted by molar-refractivity contribution is 5.92. The smallest absolute Gasteiger partial charge is 0.292 e. The predicted octanol–water partition coefficient (Wildman–Crippen LogP) is 5.19. The fourth-order valence-corrected chi connectivity index (χ4v) is 2.11. The Bertz CT molecular complexity index is 943. The monoisotopic (exact) mass is 436 g/mol. The molecule has 0 atom stereocenters. The van der Waals surface area contributed by atoms with Crippen LogP contribution in [0.1, 0.15) is 51.8 Å². The third-order valence-corrected chi connectivity index (χ3v) is 3.59. The maximum atomic E-state index is 11.5. The molecule has 0 N–H and O–H groups in total. The normalized spacial score (nSPS) is 10.2. The lowest BCUT2D eigenvalue weighted by atomic mass is 10.2. The van der Waals surface area contributed by atoms with Gasteiger partial charge in [-0.15, -0.1) is 0 Å². The number of carbonyl (C=O) groups is 3. The van der Waals surface area contributed by atoms with Gasteiger partial charge in [-0.2, -0.15) is 4.89 Å². The number of benzene rings is 3. The van der Waals surface area contributed by atoms with Gasteiger partial charge in [0.1, 0.15) is 5.60 Å². The summed E-state index contributed by atoms with van der Waals surface area (Å²) in [6.45, 7) is 5.43. The lowest BCUT2D eigenvalue weighted by molar-refractivity contribution is -0.301. The van der Waals surface area contributed by atoms with Crippen LogP contribution >= 0.6 is 0 Å². The molecule has 3 rings (SSSR count). The molecule has 0 spiro atoms. The molecular formula is C25H24O7. The van der Waals surface area contributed by atoms with Gasteiger partial charge < -0.3 is 0 Å². The van der Waals surface area contributed by atoms with Gasteiger partial charge in [0.2, 0.25) is 0 Å². The summed E-state index contributed by atoms with van der Waals surface area (Å²) < 4.78 is 0. The quantitative estimate of drug-likeness (QED) is 0.411. The van der Waals surface area contributed by atoms with E-state index in [1.165, 1.54) is 0 Å². The number of hydrogen-bond donors (Lipinski definition) is 0. The van der Waals surface area contributed by atoms with E-state index < -0.39 is 23.5 Å². The summed E-state index contributed by atoms with van der Waals surface area (Å²) in [6, 6.07) is 25.3. The van der Waals surface area contributed by atoms with Gasteiger partial charge in [-0.3, -0.25) is 4.89 Å². The van der Waals surface area contributed by atoms with Gasteiger partial charge in [0.05, 0.1) is 16.7 Å². The van der Waals surface area contributed by atoms with Crippen molar-refractivity contribution in [3.05, 3.63) is 108 Å². The Balaban J connectivity index is 0.000000235. The molecule has 0 amide bonds. The molecule has 3 aromatic carbocycles. The largest absolute Gasteiger partial charge is 0.386 e. The molecule has 0 aliphatic rings. The van der Waals surface area contributed by atoms with Crippen LogP contribution in [0.25, 0.3) is 0 Å². The Morgan fingerprint density at radius 3 is 1.06 bits per heavy atom. The second kappa shape index (κ2) is 12.0. The Labute approximate surface area is 186 Å². The molecule has 0 aromatic heterocycles. The van der Waals surface area contributed by atoms with Gasteiger partial charge in [-0.05, 0) is 57.2 Å². The van der Waals surface area contributed by atoms with Crippen molar-refractivity contribution in [2.75, 3.05) is 0 Å².